The molecule has 0 aliphatic carbocycles. The fraction of sp³-hybridized carbons (Fsp3) is 0.429. The maximum absolute atomic E-state index is 13.3. The van der Waals surface area contributed by atoms with Gasteiger partial charge in [-0.3, -0.25) is 4.79 Å². The zero-order valence-corrected chi connectivity index (χ0v) is 21.8. The van der Waals surface area contributed by atoms with E-state index in [9.17, 15) is 27.9 Å². The molecular weight excluding hydrogens is 499 g/mol. The molecule has 2 aromatic carbocycles. The maximum atomic E-state index is 13.3. The number of nitrogens with one attached hydrogen (secondary N) is 2. The summed E-state index contributed by atoms with van der Waals surface area (Å²) in [5.74, 6) is -0.333. The van der Waals surface area contributed by atoms with Crippen LogP contribution in [0.1, 0.15) is 63.6 Å². The molecule has 0 spiro atoms. The van der Waals surface area contributed by atoms with Gasteiger partial charge >= 0.3 is 12.2 Å². The number of ether oxygens (including phenoxy) is 1. The minimum absolute atomic E-state index is 0.112. The van der Waals surface area contributed by atoms with E-state index in [1.807, 2.05) is 13.8 Å². The van der Waals surface area contributed by atoms with Gasteiger partial charge in [-0.1, -0.05) is 26.0 Å². The molecular formula is C28H32F3N3O4. The van der Waals surface area contributed by atoms with Gasteiger partial charge < -0.3 is 25.4 Å². The molecule has 38 heavy (non-hydrogen) atoms. The summed E-state index contributed by atoms with van der Waals surface area (Å²) in [6.45, 7) is 7.54. The molecule has 0 saturated carbocycles. The number of fused-ring (bicyclic) bond motifs is 2. The van der Waals surface area contributed by atoms with E-state index in [1.54, 1.807) is 32.0 Å². The van der Waals surface area contributed by atoms with Crippen molar-refractivity contribution in [3.8, 4) is 5.75 Å². The molecule has 0 bridgehead atoms. The molecule has 0 atom stereocenters. The number of benzene rings is 2. The van der Waals surface area contributed by atoms with Crippen molar-refractivity contribution in [2.45, 2.75) is 70.9 Å². The van der Waals surface area contributed by atoms with Crippen LogP contribution in [0, 0.1) is 0 Å². The number of aliphatic hydroxyl groups is 1. The van der Waals surface area contributed by atoms with Crippen LogP contribution in [0.5, 0.6) is 5.75 Å². The van der Waals surface area contributed by atoms with Gasteiger partial charge in [0.05, 0.1) is 17.7 Å². The molecule has 2 aliphatic rings. The molecule has 7 nitrogen and oxygen atoms in total. The molecule has 2 aromatic rings. The van der Waals surface area contributed by atoms with Gasteiger partial charge in [0.15, 0.2) is 0 Å². The lowest BCUT2D eigenvalue weighted by atomic mass is 9.83. The summed E-state index contributed by atoms with van der Waals surface area (Å²) in [6.07, 6.45) is -1.60. The van der Waals surface area contributed by atoms with Crippen molar-refractivity contribution < 1.29 is 32.6 Å². The lowest BCUT2D eigenvalue weighted by Crippen LogP contribution is -2.46. The first-order valence-corrected chi connectivity index (χ1v) is 12.6. The van der Waals surface area contributed by atoms with Gasteiger partial charge in [0.2, 0.25) is 5.91 Å². The van der Waals surface area contributed by atoms with Crippen molar-refractivity contribution in [3.63, 3.8) is 0 Å². The second-order valence-electron chi connectivity index (χ2n) is 10.5. The first kappa shape index (κ1) is 27.5. The number of carbonyl (C=O) groups excluding carboxylic acids is 2. The summed E-state index contributed by atoms with van der Waals surface area (Å²) in [5, 5.41) is 15.6. The lowest BCUT2D eigenvalue weighted by Gasteiger charge is -2.39. The molecule has 204 valence electrons. The monoisotopic (exact) mass is 531 g/mol. The average Bonchev–Trinajstić information content (AvgIpc) is 2.82. The fourth-order valence-corrected chi connectivity index (χ4v) is 4.84. The number of carbonyl (C=O) groups is 2. The smallest absolute Gasteiger partial charge is 0.416 e. The lowest BCUT2D eigenvalue weighted by molar-refractivity contribution is -0.137. The molecule has 0 unspecified atom stereocenters. The number of halogens is 3. The molecule has 2 heterocycles. The van der Waals surface area contributed by atoms with Crippen molar-refractivity contribution in [2.75, 3.05) is 17.2 Å². The summed E-state index contributed by atoms with van der Waals surface area (Å²) in [7, 11) is 0. The first-order chi connectivity index (χ1) is 17.7. The van der Waals surface area contributed by atoms with E-state index < -0.39 is 28.8 Å². The Labute approximate surface area is 219 Å². The topological polar surface area (TPSA) is 90.9 Å². The molecule has 0 aromatic heterocycles. The molecule has 4 rings (SSSR count). The van der Waals surface area contributed by atoms with Crippen LogP contribution in [0.3, 0.4) is 0 Å². The Hall–Kier alpha value is -3.53. The van der Waals surface area contributed by atoms with E-state index >= 15 is 0 Å². The quantitative estimate of drug-likeness (QED) is 0.388. The van der Waals surface area contributed by atoms with Gasteiger partial charge in [0.25, 0.3) is 0 Å². The Bertz CT molecular complexity index is 1280. The Balaban J connectivity index is 1.58. The third kappa shape index (κ3) is 5.96. The Morgan fingerprint density at radius 2 is 1.89 bits per heavy atom. The summed E-state index contributed by atoms with van der Waals surface area (Å²) in [6, 6.07) is 8.14. The molecule has 10 heteroatoms. The van der Waals surface area contributed by atoms with Crippen LogP contribution in [0.25, 0.3) is 5.57 Å². The van der Waals surface area contributed by atoms with E-state index in [2.05, 4.69) is 10.6 Å². The highest BCUT2D eigenvalue weighted by Crippen LogP contribution is 2.45. The van der Waals surface area contributed by atoms with Crippen LogP contribution in [0.15, 0.2) is 42.5 Å². The zero-order valence-electron chi connectivity index (χ0n) is 21.8. The van der Waals surface area contributed by atoms with E-state index in [0.29, 0.717) is 48.3 Å². The van der Waals surface area contributed by atoms with Crippen molar-refractivity contribution >= 4 is 28.9 Å². The molecule has 3 amide bonds. The van der Waals surface area contributed by atoms with Gasteiger partial charge in [-0.15, -0.1) is 0 Å². The highest BCUT2D eigenvalue weighted by Gasteiger charge is 2.38. The van der Waals surface area contributed by atoms with Gasteiger partial charge in [0.1, 0.15) is 11.4 Å². The highest BCUT2D eigenvalue weighted by atomic mass is 19.4. The van der Waals surface area contributed by atoms with Crippen molar-refractivity contribution in [1.82, 2.24) is 4.90 Å². The third-order valence-electron chi connectivity index (χ3n) is 6.93. The first-order valence-electron chi connectivity index (χ1n) is 12.6. The highest BCUT2D eigenvalue weighted by molar-refractivity contribution is 6.05. The van der Waals surface area contributed by atoms with Crippen molar-refractivity contribution in [3.05, 3.63) is 59.2 Å². The molecule has 0 radical (unpaired) electrons. The summed E-state index contributed by atoms with van der Waals surface area (Å²) in [4.78, 5) is 27.0. The van der Waals surface area contributed by atoms with Crippen LogP contribution < -0.4 is 15.4 Å². The van der Waals surface area contributed by atoms with Gasteiger partial charge in [-0.05, 0) is 62.1 Å². The van der Waals surface area contributed by atoms with E-state index in [-0.39, 0.29) is 18.3 Å². The SMILES string of the molecule is CCC1(CC)C/C(=C\C(=O)Nc2ccc3c(c2)NC(=O)N(CC(C)(C)O)C3)c2ccc(C(F)(F)F)cc2O1. The number of hydrogen-bond acceptors (Lipinski definition) is 4. The van der Waals surface area contributed by atoms with Gasteiger partial charge in [0, 0.05) is 36.0 Å². The summed E-state index contributed by atoms with van der Waals surface area (Å²) in [5.41, 5.74) is 0.331. The number of hydrogen-bond donors (Lipinski definition) is 3. The minimum atomic E-state index is -4.51. The van der Waals surface area contributed by atoms with Gasteiger partial charge in [-0.2, -0.15) is 13.2 Å². The zero-order chi connectivity index (χ0) is 27.9. The van der Waals surface area contributed by atoms with Gasteiger partial charge in [-0.25, -0.2) is 4.79 Å². The fourth-order valence-electron chi connectivity index (χ4n) is 4.84. The van der Waals surface area contributed by atoms with Crippen LogP contribution in [0.4, 0.5) is 29.3 Å². The Kier molecular flexibility index (Phi) is 7.22. The number of anilines is 2. The molecule has 2 aliphatic heterocycles. The Morgan fingerprint density at radius 1 is 1.18 bits per heavy atom. The van der Waals surface area contributed by atoms with Crippen LogP contribution in [0.2, 0.25) is 0 Å². The number of alkyl halides is 3. The van der Waals surface area contributed by atoms with Crippen LogP contribution in [-0.2, 0) is 17.5 Å². The van der Waals surface area contributed by atoms with Crippen LogP contribution in [-0.4, -0.2) is 39.7 Å². The number of rotatable bonds is 6. The average molecular weight is 532 g/mol. The Morgan fingerprint density at radius 3 is 2.53 bits per heavy atom. The minimum Gasteiger partial charge on any atom is -0.486 e. The van der Waals surface area contributed by atoms with Crippen molar-refractivity contribution in [1.29, 1.82) is 0 Å². The van der Waals surface area contributed by atoms with E-state index in [1.165, 1.54) is 17.0 Å². The van der Waals surface area contributed by atoms with Crippen LogP contribution >= 0.6 is 0 Å². The second-order valence-corrected chi connectivity index (χ2v) is 10.5. The predicted molar refractivity (Wildman–Crippen MR) is 139 cm³/mol. The number of amides is 3. The summed E-state index contributed by atoms with van der Waals surface area (Å²) < 4.78 is 46.0. The standard InChI is InChI=1S/C28H32F3N3O4/c1-5-27(6-2)14-18(21-10-8-19(28(29,30)31)12-23(21)38-27)11-24(35)32-20-9-7-17-15-34(16-26(3,4)37)25(36)33-22(17)13-20/h7-13,37H,5-6,14-16H2,1-4H3,(H,32,35)(H,33,36)/b18-11+. The summed E-state index contributed by atoms with van der Waals surface area (Å²) >= 11 is 0. The third-order valence-corrected chi connectivity index (χ3v) is 6.93. The van der Waals surface area contributed by atoms with E-state index in [0.717, 1.165) is 17.7 Å². The largest absolute Gasteiger partial charge is 0.486 e. The maximum Gasteiger partial charge on any atom is 0.416 e. The van der Waals surface area contributed by atoms with E-state index in [4.69, 9.17) is 4.74 Å². The second kappa shape index (κ2) is 9.98. The molecule has 3 N–H and O–H groups in total. The predicted octanol–water partition coefficient (Wildman–Crippen LogP) is 6.19. The molecule has 0 saturated heterocycles. The number of urea groups is 1. The number of β-amino-alcohol motifs (C(OH)–C–C–N with tert-alkyl or cyclic N) is 1. The normalized spacial score (nSPS) is 17.8. The van der Waals surface area contributed by atoms with Crippen molar-refractivity contribution in [2.24, 2.45) is 0 Å². The number of nitrogens with zero attached hydrogens (tertiary/aromatic N) is 1. The molecule has 0 fully saturated rings.